The minimum absolute atomic E-state index is 0.122. The number of hydrogen-bond donors (Lipinski definition) is 1. The summed E-state index contributed by atoms with van der Waals surface area (Å²) in [4.78, 5) is 6.47. The zero-order valence-electron chi connectivity index (χ0n) is 11.1. The summed E-state index contributed by atoms with van der Waals surface area (Å²) in [6.07, 6.45) is 1.04. The summed E-state index contributed by atoms with van der Waals surface area (Å²) < 4.78 is 5.82. The predicted molar refractivity (Wildman–Crippen MR) is 74.0 cm³/mol. The van der Waals surface area contributed by atoms with E-state index < -0.39 is 0 Å². The highest BCUT2D eigenvalue weighted by Crippen LogP contribution is 2.28. The zero-order chi connectivity index (χ0) is 13.0. The molecule has 98 valence electrons. The molecule has 18 heavy (non-hydrogen) atoms. The molecule has 0 aromatic heterocycles. The first-order valence-corrected chi connectivity index (χ1v) is 6.54. The summed E-state index contributed by atoms with van der Waals surface area (Å²) in [6.45, 7) is 6.55. The van der Waals surface area contributed by atoms with E-state index in [1.54, 1.807) is 0 Å². The van der Waals surface area contributed by atoms with Crippen LogP contribution in [-0.4, -0.2) is 36.6 Å². The van der Waals surface area contributed by atoms with Crippen LogP contribution in [0.3, 0.4) is 0 Å². The number of guanidine groups is 1. The van der Waals surface area contributed by atoms with Crippen molar-refractivity contribution in [1.82, 2.24) is 4.90 Å². The molecular formula is C14H21N3O. The fourth-order valence-corrected chi connectivity index (χ4v) is 2.20. The van der Waals surface area contributed by atoms with Crippen molar-refractivity contribution >= 4 is 5.96 Å². The Kier molecular flexibility index (Phi) is 4.07. The van der Waals surface area contributed by atoms with Crippen LogP contribution in [0, 0.1) is 0 Å². The molecule has 0 radical (unpaired) electrons. The highest BCUT2D eigenvalue weighted by atomic mass is 16.5. The van der Waals surface area contributed by atoms with Gasteiger partial charge in [0, 0.05) is 19.5 Å². The maximum absolute atomic E-state index is 5.94. The maximum Gasteiger partial charge on any atom is 0.191 e. The van der Waals surface area contributed by atoms with Gasteiger partial charge in [0.2, 0.25) is 0 Å². The number of fused-ring (bicyclic) bond motifs is 1. The number of para-hydroxylation sites is 1. The number of benzene rings is 1. The first-order chi connectivity index (χ1) is 8.74. The quantitative estimate of drug-likeness (QED) is 0.650. The number of ether oxygens (including phenoxy) is 1. The van der Waals surface area contributed by atoms with E-state index in [1.807, 2.05) is 23.1 Å². The summed E-state index contributed by atoms with van der Waals surface area (Å²) in [6, 6.07) is 8.15. The van der Waals surface area contributed by atoms with Crippen LogP contribution in [0.15, 0.2) is 29.3 Å². The highest BCUT2D eigenvalue weighted by Gasteiger charge is 2.21. The molecule has 0 bridgehead atoms. The van der Waals surface area contributed by atoms with Crippen molar-refractivity contribution in [3.05, 3.63) is 29.8 Å². The third-order valence-electron chi connectivity index (χ3n) is 3.26. The van der Waals surface area contributed by atoms with Crippen molar-refractivity contribution in [3.8, 4) is 5.75 Å². The number of nitrogens with zero attached hydrogens (tertiary/aromatic N) is 2. The lowest BCUT2D eigenvalue weighted by atomic mass is 10.1. The lowest BCUT2D eigenvalue weighted by Crippen LogP contribution is -2.37. The molecule has 2 N–H and O–H groups in total. The Hall–Kier alpha value is -1.71. The normalized spacial score (nSPS) is 18.3. The van der Waals surface area contributed by atoms with Gasteiger partial charge in [-0.3, -0.25) is 0 Å². The third kappa shape index (κ3) is 2.75. The molecule has 1 unspecified atom stereocenters. The topological polar surface area (TPSA) is 50.8 Å². The van der Waals surface area contributed by atoms with Gasteiger partial charge < -0.3 is 15.4 Å². The van der Waals surface area contributed by atoms with Gasteiger partial charge in [0.25, 0.3) is 0 Å². The van der Waals surface area contributed by atoms with Gasteiger partial charge in [-0.2, -0.15) is 0 Å². The van der Waals surface area contributed by atoms with Crippen LogP contribution in [-0.2, 0) is 6.42 Å². The lowest BCUT2D eigenvalue weighted by molar-refractivity contribution is 0.241. The highest BCUT2D eigenvalue weighted by molar-refractivity contribution is 5.78. The molecule has 0 fully saturated rings. The molecule has 1 aromatic rings. The molecule has 1 aliphatic heterocycles. The molecule has 4 nitrogen and oxygen atoms in total. The monoisotopic (exact) mass is 247 g/mol. The van der Waals surface area contributed by atoms with Gasteiger partial charge in [-0.1, -0.05) is 18.2 Å². The molecule has 1 atom stereocenters. The Morgan fingerprint density at radius 2 is 2.11 bits per heavy atom. The molecule has 2 rings (SSSR count). The molecular weight excluding hydrogens is 226 g/mol. The summed E-state index contributed by atoms with van der Waals surface area (Å²) in [5.74, 6) is 1.60. The van der Waals surface area contributed by atoms with Crippen LogP contribution in [0.5, 0.6) is 5.75 Å². The molecule has 0 spiro atoms. The Bertz CT molecular complexity index is 402. The van der Waals surface area contributed by atoms with Crippen LogP contribution < -0.4 is 10.5 Å². The number of hydrogen-bond acceptors (Lipinski definition) is 2. The Morgan fingerprint density at radius 3 is 2.78 bits per heavy atom. The fourth-order valence-electron chi connectivity index (χ4n) is 2.20. The van der Waals surface area contributed by atoms with Gasteiger partial charge in [0.15, 0.2) is 5.96 Å². The number of rotatable bonds is 4. The van der Waals surface area contributed by atoms with E-state index in [2.05, 4.69) is 24.9 Å². The molecule has 1 aliphatic rings. The van der Waals surface area contributed by atoms with Crippen molar-refractivity contribution < 1.29 is 4.74 Å². The Balaban J connectivity index is 1.92. The zero-order valence-corrected chi connectivity index (χ0v) is 11.1. The minimum atomic E-state index is 0.122. The molecule has 1 aromatic carbocycles. The van der Waals surface area contributed by atoms with Gasteiger partial charge in [0.1, 0.15) is 11.9 Å². The third-order valence-corrected chi connectivity index (χ3v) is 3.26. The first-order valence-electron chi connectivity index (χ1n) is 6.54. The molecule has 0 saturated heterocycles. The second kappa shape index (κ2) is 5.76. The van der Waals surface area contributed by atoms with E-state index in [0.717, 1.165) is 25.3 Å². The predicted octanol–water partition coefficient (Wildman–Crippen LogP) is 1.65. The SMILES string of the molecule is CCN(CC)C(N)=NCC1Cc2ccccc2O1. The van der Waals surface area contributed by atoms with Gasteiger partial charge >= 0.3 is 0 Å². The van der Waals surface area contributed by atoms with E-state index in [0.29, 0.717) is 12.5 Å². The lowest BCUT2D eigenvalue weighted by Gasteiger charge is -2.19. The Labute approximate surface area is 108 Å². The van der Waals surface area contributed by atoms with Crippen molar-refractivity contribution in [2.45, 2.75) is 26.4 Å². The first kappa shape index (κ1) is 12.7. The van der Waals surface area contributed by atoms with Crippen LogP contribution in [0.2, 0.25) is 0 Å². The molecule has 1 heterocycles. The Morgan fingerprint density at radius 1 is 1.39 bits per heavy atom. The largest absolute Gasteiger partial charge is 0.488 e. The van der Waals surface area contributed by atoms with E-state index in [1.165, 1.54) is 5.56 Å². The van der Waals surface area contributed by atoms with Crippen molar-refractivity contribution in [2.24, 2.45) is 10.7 Å². The number of nitrogens with two attached hydrogens (primary N) is 1. The smallest absolute Gasteiger partial charge is 0.191 e. The standard InChI is InChI=1S/C14H21N3O/c1-3-17(4-2)14(15)16-10-12-9-11-7-5-6-8-13(11)18-12/h5-8,12H,3-4,9-10H2,1-2H3,(H2,15,16). The molecule has 0 saturated carbocycles. The van der Waals surface area contributed by atoms with Crippen molar-refractivity contribution in [1.29, 1.82) is 0 Å². The fraction of sp³-hybridized carbons (Fsp3) is 0.500. The van der Waals surface area contributed by atoms with E-state index in [-0.39, 0.29) is 6.10 Å². The van der Waals surface area contributed by atoms with Crippen LogP contribution in [0.25, 0.3) is 0 Å². The molecule has 4 heteroatoms. The van der Waals surface area contributed by atoms with Crippen LogP contribution in [0.1, 0.15) is 19.4 Å². The van der Waals surface area contributed by atoms with Crippen molar-refractivity contribution in [2.75, 3.05) is 19.6 Å². The van der Waals surface area contributed by atoms with E-state index in [4.69, 9.17) is 10.5 Å². The van der Waals surface area contributed by atoms with Gasteiger partial charge in [-0.25, -0.2) is 4.99 Å². The summed E-state index contributed by atoms with van der Waals surface area (Å²) in [7, 11) is 0. The maximum atomic E-state index is 5.94. The van der Waals surface area contributed by atoms with E-state index >= 15 is 0 Å². The van der Waals surface area contributed by atoms with Crippen molar-refractivity contribution in [3.63, 3.8) is 0 Å². The number of aliphatic imine (C=N–C) groups is 1. The van der Waals surface area contributed by atoms with Crippen LogP contribution >= 0.6 is 0 Å². The average molecular weight is 247 g/mol. The summed E-state index contributed by atoms with van der Waals surface area (Å²) in [5.41, 5.74) is 7.21. The molecule has 0 aliphatic carbocycles. The van der Waals surface area contributed by atoms with Gasteiger partial charge in [-0.15, -0.1) is 0 Å². The van der Waals surface area contributed by atoms with Gasteiger partial charge in [-0.05, 0) is 25.5 Å². The molecule has 0 amide bonds. The second-order valence-corrected chi connectivity index (χ2v) is 4.42. The second-order valence-electron chi connectivity index (χ2n) is 4.42. The van der Waals surface area contributed by atoms with Crippen LogP contribution in [0.4, 0.5) is 0 Å². The average Bonchev–Trinajstić information content (AvgIpc) is 2.80. The summed E-state index contributed by atoms with van der Waals surface area (Å²) >= 11 is 0. The van der Waals surface area contributed by atoms with Gasteiger partial charge in [0.05, 0.1) is 6.54 Å². The van der Waals surface area contributed by atoms with E-state index in [9.17, 15) is 0 Å². The minimum Gasteiger partial charge on any atom is -0.488 e. The summed E-state index contributed by atoms with van der Waals surface area (Å²) in [5, 5.41) is 0.